The molecule has 1 saturated carbocycles. The van der Waals surface area contributed by atoms with E-state index in [1.54, 1.807) is 0 Å². The van der Waals surface area contributed by atoms with Gasteiger partial charge in [-0.3, -0.25) is 4.79 Å². The van der Waals surface area contributed by atoms with Gasteiger partial charge in [0, 0.05) is 26.3 Å². The van der Waals surface area contributed by atoms with E-state index in [1.807, 2.05) is 43.3 Å². The van der Waals surface area contributed by atoms with Gasteiger partial charge in [0.25, 0.3) is 5.91 Å². The van der Waals surface area contributed by atoms with Gasteiger partial charge in [0.1, 0.15) is 5.75 Å². The Hall–Kier alpha value is -1.71. The minimum Gasteiger partial charge on any atom is -0.484 e. The van der Waals surface area contributed by atoms with Crippen LogP contribution in [0.3, 0.4) is 0 Å². The van der Waals surface area contributed by atoms with Gasteiger partial charge in [-0.15, -0.1) is 0 Å². The third-order valence-corrected chi connectivity index (χ3v) is 4.32. The van der Waals surface area contributed by atoms with Crippen LogP contribution in [-0.2, 0) is 4.79 Å². The lowest BCUT2D eigenvalue weighted by atomic mass is 9.87. The zero-order chi connectivity index (χ0) is 15.8. The van der Waals surface area contributed by atoms with Crippen molar-refractivity contribution in [1.29, 1.82) is 0 Å². The fourth-order valence-corrected chi connectivity index (χ4v) is 2.93. The average molecular weight is 304 g/mol. The van der Waals surface area contributed by atoms with E-state index in [1.165, 1.54) is 32.1 Å². The van der Waals surface area contributed by atoms with Gasteiger partial charge in [0.05, 0.1) is 0 Å². The van der Waals surface area contributed by atoms with E-state index < -0.39 is 0 Å². The Bertz CT molecular complexity index is 451. The van der Waals surface area contributed by atoms with Crippen LogP contribution in [0.1, 0.15) is 38.5 Å². The molecule has 1 aromatic rings. The second-order valence-corrected chi connectivity index (χ2v) is 6.32. The maximum Gasteiger partial charge on any atom is 0.257 e. The molecule has 4 nitrogen and oxygen atoms in total. The van der Waals surface area contributed by atoms with Gasteiger partial charge >= 0.3 is 0 Å². The van der Waals surface area contributed by atoms with Crippen LogP contribution < -0.4 is 15.0 Å². The van der Waals surface area contributed by atoms with Crippen molar-refractivity contribution in [1.82, 2.24) is 5.32 Å². The summed E-state index contributed by atoms with van der Waals surface area (Å²) >= 11 is 0. The molecular weight excluding hydrogens is 276 g/mol. The zero-order valence-electron chi connectivity index (χ0n) is 13.8. The van der Waals surface area contributed by atoms with Gasteiger partial charge in [-0.1, -0.05) is 32.1 Å². The molecule has 0 bridgehead atoms. The topological polar surface area (TPSA) is 41.6 Å². The highest BCUT2D eigenvalue weighted by molar-refractivity contribution is 5.77. The lowest BCUT2D eigenvalue weighted by Crippen LogP contribution is -2.30. The highest BCUT2D eigenvalue weighted by Crippen LogP contribution is 2.25. The van der Waals surface area contributed by atoms with Crippen LogP contribution in [0.2, 0.25) is 0 Å². The quantitative estimate of drug-likeness (QED) is 0.841. The smallest absolute Gasteiger partial charge is 0.257 e. The number of rotatable bonds is 7. The summed E-state index contributed by atoms with van der Waals surface area (Å²) in [5, 5.41) is 2.96. The number of hydrogen-bond donors (Lipinski definition) is 1. The van der Waals surface area contributed by atoms with Crippen LogP contribution in [0.5, 0.6) is 5.75 Å². The zero-order valence-corrected chi connectivity index (χ0v) is 13.8. The highest BCUT2D eigenvalue weighted by atomic mass is 16.5. The van der Waals surface area contributed by atoms with Crippen molar-refractivity contribution in [2.24, 2.45) is 5.92 Å². The van der Waals surface area contributed by atoms with Gasteiger partial charge in [0.2, 0.25) is 0 Å². The molecule has 0 aromatic heterocycles. The summed E-state index contributed by atoms with van der Waals surface area (Å²) in [6, 6.07) is 7.75. The molecule has 1 aromatic carbocycles. The van der Waals surface area contributed by atoms with Crippen molar-refractivity contribution in [2.45, 2.75) is 38.5 Å². The number of nitrogens with zero attached hydrogens (tertiary/aromatic N) is 1. The SMILES string of the molecule is CN(C)c1ccc(OCC(=O)NCCC2CCCCC2)cc1. The Labute approximate surface area is 133 Å². The predicted molar refractivity (Wildman–Crippen MR) is 90.5 cm³/mol. The fraction of sp³-hybridized carbons (Fsp3) is 0.611. The van der Waals surface area contributed by atoms with Crippen LogP contribution in [-0.4, -0.2) is 33.2 Å². The third kappa shape index (κ3) is 5.58. The molecule has 122 valence electrons. The molecule has 4 heteroatoms. The van der Waals surface area contributed by atoms with Crippen molar-refractivity contribution in [3.63, 3.8) is 0 Å². The fourth-order valence-electron chi connectivity index (χ4n) is 2.93. The van der Waals surface area contributed by atoms with Crippen molar-refractivity contribution >= 4 is 11.6 Å². The number of carbonyl (C=O) groups excluding carboxylic acids is 1. The first-order valence-electron chi connectivity index (χ1n) is 8.32. The van der Waals surface area contributed by atoms with Gasteiger partial charge in [-0.2, -0.15) is 0 Å². The summed E-state index contributed by atoms with van der Waals surface area (Å²) in [5.41, 5.74) is 1.12. The first-order valence-corrected chi connectivity index (χ1v) is 8.32. The highest BCUT2D eigenvalue weighted by Gasteiger charge is 2.13. The molecule has 1 N–H and O–H groups in total. The van der Waals surface area contributed by atoms with Crippen molar-refractivity contribution in [3.8, 4) is 5.75 Å². The van der Waals surface area contributed by atoms with Gasteiger partial charge < -0.3 is 15.0 Å². The Morgan fingerprint density at radius 1 is 1.18 bits per heavy atom. The van der Waals surface area contributed by atoms with E-state index >= 15 is 0 Å². The van der Waals surface area contributed by atoms with Gasteiger partial charge in [0.15, 0.2) is 6.61 Å². The molecule has 0 spiro atoms. The van der Waals surface area contributed by atoms with Gasteiger partial charge in [-0.05, 0) is 36.6 Å². The minimum atomic E-state index is -0.0347. The lowest BCUT2D eigenvalue weighted by Gasteiger charge is -2.21. The molecule has 1 aliphatic rings. The summed E-state index contributed by atoms with van der Waals surface area (Å²) in [4.78, 5) is 13.8. The van der Waals surface area contributed by atoms with E-state index in [0.717, 1.165) is 30.3 Å². The number of nitrogens with one attached hydrogen (secondary N) is 1. The number of anilines is 1. The van der Waals surface area contributed by atoms with Crippen LogP contribution >= 0.6 is 0 Å². The standard InChI is InChI=1S/C18H28N2O2/c1-20(2)16-8-10-17(11-9-16)22-14-18(21)19-13-12-15-6-4-3-5-7-15/h8-11,15H,3-7,12-14H2,1-2H3,(H,19,21). The van der Waals surface area contributed by atoms with Gasteiger partial charge in [-0.25, -0.2) is 0 Å². The van der Waals surface area contributed by atoms with E-state index in [-0.39, 0.29) is 12.5 Å². The summed E-state index contributed by atoms with van der Waals surface area (Å²) in [7, 11) is 3.99. The molecule has 0 aliphatic heterocycles. The van der Waals surface area contributed by atoms with Crippen LogP contribution in [0.4, 0.5) is 5.69 Å². The molecular formula is C18H28N2O2. The molecule has 1 fully saturated rings. The van der Waals surface area contributed by atoms with E-state index in [4.69, 9.17) is 4.74 Å². The molecule has 0 radical (unpaired) electrons. The van der Waals surface area contributed by atoms with Crippen molar-refractivity contribution < 1.29 is 9.53 Å². The number of ether oxygens (including phenoxy) is 1. The van der Waals surface area contributed by atoms with Crippen molar-refractivity contribution in [3.05, 3.63) is 24.3 Å². The molecule has 0 unspecified atom stereocenters. The molecule has 1 amide bonds. The maximum atomic E-state index is 11.8. The Balaban J connectivity index is 1.62. The van der Waals surface area contributed by atoms with Crippen LogP contribution in [0, 0.1) is 5.92 Å². The van der Waals surface area contributed by atoms with Crippen LogP contribution in [0.15, 0.2) is 24.3 Å². The third-order valence-electron chi connectivity index (χ3n) is 4.32. The second kappa shape index (κ2) is 8.66. The average Bonchev–Trinajstić information content (AvgIpc) is 2.54. The number of benzene rings is 1. The van der Waals surface area contributed by atoms with Crippen LogP contribution in [0.25, 0.3) is 0 Å². The lowest BCUT2D eigenvalue weighted by molar-refractivity contribution is -0.123. The Morgan fingerprint density at radius 3 is 2.50 bits per heavy atom. The Morgan fingerprint density at radius 2 is 1.86 bits per heavy atom. The number of hydrogen-bond acceptors (Lipinski definition) is 3. The molecule has 0 atom stereocenters. The molecule has 2 rings (SSSR count). The number of amides is 1. The summed E-state index contributed by atoms with van der Waals surface area (Å²) in [6.45, 7) is 0.860. The molecule has 1 aliphatic carbocycles. The maximum absolute atomic E-state index is 11.8. The molecule has 22 heavy (non-hydrogen) atoms. The molecule has 0 saturated heterocycles. The van der Waals surface area contributed by atoms with E-state index in [2.05, 4.69) is 5.32 Å². The summed E-state index contributed by atoms with van der Waals surface area (Å²) in [5.74, 6) is 1.49. The minimum absolute atomic E-state index is 0.0347. The number of carbonyl (C=O) groups is 1. The van der Waals surface area contributed by atoms with E-state index in [0.29, 0.717) is 0 Å². The first-order chi connectivity index (χ1) is 10.6. The second-order valence-electron chi connectivity index (χ2n) is 6.32. The molecule has 0 heterocycles. The van der Waals surface area contributed by atoms with Crippen molar-refractivity contribution in [2.75, 3.05) is 32.1 Å². The predicted octanol–water partition coefficient (Wildman–Crippen LogP) is 3.22. The first kappa shape index (κ1) is 16.7. The largest absolute Gasteiger partial charge is 0.484 e. The summed E-state index contributed by atoms with van der Waals surface area (Å²) < 4.78 is 5.51. The summed E-state index contributed by atoms with van der Waals surface area (Å²) in [6.07, 6.45) is 7.83. The Kier molecular flexibility index (Phi) is 6.56. The monoisotopic (exact) mass is 304 g/mol. The van der Waals surface area contributed by atoms with E-state index in [9.17, 15) is 4.79 Å². The normalized spacial score (nSPS) is 15.4.